The predicted octanol–water partition coefficient (Wildman–Crippen LogP) is 3.21. The quantitative estimate of drug-likeness (QED) is 0.729. The molecular weight excluding hydrogens is 307 g/mol. The van der Waals surface area contributed by atoms with E-state index >= 15 is 0 Å². The van der Waals surface area contributed by atoms with Crippen molar-refractivity contribution in [3.05, 3.63) is 0 Å². The number of ether oxygens (including phenoxy) is 1. The normalized spacial score (nSPS) is 34.8. The summed E-state index contributed by atoms with van der Waals surface area (Å²) in [5, 5.41) is 0. The van der Waals surface area contributed by atoms with Crippen LogP contribution in [0.2, 0.25) is 0 Å². The third kappa shape index (κ3) is 4.03. The topological polar surface area (TPSA) is 29.5 Å². The first-order valence-electron chi connectivity index (χ1n) is 7.40. The summed E-state index contributed by atoms with van der Waals surface area (Å²) in [4.78, 5) is 14.1. The SMILES string of the molecule is CC1CN(C(=O)C2CCCCC2C(F)(F)F)CC(CCl)O1. The second kappa shape index (κ2) is 6.73. The Kier molecular flexibility index (Phi) is 5.41. The number of carbonyl (C=O) groups is 1. The van der Waals surface area contributed by atoms with Gasteiger partial charge in [-0.1, -0.05) is 12.8 Å². The monoisotopic (exact) mass is 327 g/mol. The average Bonchev–Trinajstić information content (AvgIpc) is 2.45. The largest absolute Gasteiger partial charge is 0.392 e. The highest BCUT2D eigenvalue weighted by Crippen LogP contribution is 2.42. The lowest BCUT2D eigenvalue weighted by Crippen LogP contribution is -2.53. The summed E-state index contributed by atoms with van der Waals surface area (Å²) in [6.45, 7) is 2.43. The Balaban J connectivity index is 2.09. The Morgan fingerprint density at radius 3 is 2.57 bits per heavy atom. The molecule has 0 aromatic rings. The molecule has 1 aliphatic heterocycles. The molecule has 0 aromatic heterocycles. The van der Waals surface area contributed by atoms with Crippen LogP contribution < -0.4 is 0 Å². The fourth-order valence-electron chi connectivity index (χ4n) is 3.36. The fourth-order valence-corrected chi connectivity index (χ4v) is 3.53. The lowest BCUT2D eigenvalue weighted by Gasteiger charge is -2.40. The molecule has 7 heteroatoms. The van der Waals surface area contributed by atoms with Crippen molar-refractivity contribution in [1.82, 2.24) is 4.90 Å². The number of morpholine rings is 1. The molecule has 0 radical (unpaired) electrons. The number of halogens is 4. The van der Waals surface area contributed by atoms with E-state index in [1.807, 2.05) is 0 Å². The molecule has 1 aliphatic carbocycles. The fraction of sp³-hybridized carbons (Fsp3) is 0.929. The minimum Gasteiger partial charge on any atom is -0.370 e. The van der Waals surface area contributed by atoms with Crippen molar-refractivity contribution in [3.8, 4) is 0 Å². The summed E-state index contributed by atoms with van der Waals surface area (Å²) in [6.07, 6.45) is -3.20. The van der Waals surface area contributed by atoms with E-state index in [0.29, 0.717) is 25.8 Å². The van der Waals surface area contributed by atoms with Crippen LogP contribution in [0.25, 0.3) is 0 Å². The molecule has 1 saturated carbocycles. The second-order valence-corrected chi connectivity index (χ2v) is 6.31. The number of carbonyl (C=O) groups excluding carboxylic acids is 1. The van der Waals surface area contributed by atoms with E-state index in [1.54, 1.807) is 6.92 Å². The Bertz CT molecular complexity index is 378. The van der Waals surface area contributed by atoms with Crippen molar-refractivity contribution in [1.29, 1.82) is 0 Å². The summed E-state index contributed by atoms with van der Waals surface area (Å²) in [5.74, 6) is -2.60. The van der Waals surface area contributed by atoms with E-state index in [4.69, 9.17) is 16.3 Å². The lowest BCUT2D eigenvalue weighted by molar-refractivity contribution is -0.202. The third-order valence-electron chi connectivity index (χ3n) is 4.31. The molecule has 4 unspecified atom stereocenters. The van der Waals surface area contributed by atoms with Gasteiger partial charge in [0.25, 0.3) is 0 Å². The lowest BCUT2D eigenvalue weighted by atomic mass is 9.78. The third-order valence-corrected chi connectivity index (χ3v) is 4.66. The van der Waals surface area contributed by atoms with Crippen LogP contribution in [0.1, 0.15) is 32.6 Å². The molecule has 2 fully saturated rings. The van der Waals surface area contributed by atoms with E-state index in [1.165, 1.54) is 4.90 Å². The highest BCUT2D eigenvalue weighted by Gasteiger charge is 2.49. The minimum atomic E-state index is -4.30. The van der Waals surface area contributed by atoms with Gasteiger partial charge in [0.15, 0.2) is 0 Å². The first kappa shape index (κ1) is 16.9. The van der Waals surface area contributed by atoms with Crippen LogP contribution in [0.5, 0.6) is 0 Å². The van der Waals surface area contributed by atoms with Gasteiger partial charge in [-0.15, -0.1) is 11.6 Å². The summed E-state index contributed by atoms with van der Waals surface area (Å²) < 4.78 is 44.9. The van der Waals surface area contributed by atoms with Crippen LogP contribution >= 0.6 is 11.6 Å². The van der Waals surface area contributed by atoms with Gasteiger partial charge in [-0.05, 0) is 19.8 Å². The van der Waals surface area contributed by atoms with Crippen LogP contribution in [0.4, 0.5) is 13.2 Å². The maximum absolute atomic E-state index is 13.1. The molecule has 1 saturated heterocycles. The van der Waals surface area contributed by atoms with Gasteiger partial charge in [0.2, 0.25) is 5.91 Å². The standard InChI is InChI=1S/C14H21ClF3NO2/c1-9-7-19(8-10(6-15)21-9)13(20)11-4-2-3-5-12(11)14(16,17)18/h9-12H,2-8H2,1H3. The molecular formula is C14H21ClF3NO2. The van der Waals surface area contributed by atoms with Crippen LogP contribution in [0, 0.1) is 11.8 Å². The second-order valence-electron chi connectivity index (χ2n) is 6.01. The molecule has 0 bridgehead atoms. The van der Waals surface area contributed by atoms with Gasteiger partial charge in [-0.2, -0.15) is 13.2 Å². The van der Waals surface area contributed by atoms with Gasteiger partial charge < -0.3 is 9.64 Å². The van der Waals surface area contributed by atoms with Crippen LogP contribution in [0.15, 0.2) is 0 Å². The minimum absolute atomic E-state index is 0.0543. The Morgan fingerprint density at radius 1 is 1.29 bits per heavy atom. The molecule has 1 amide bonds. The molecule has 0 aromatic carbocycles. The van der Waals surface area contributed by atoms with Crippen molar-refractivity contribution in [3.63, 3.8) is 0 Å². The number of hydrogen-bond acceptors (Lipinski definition) is 2. The molecule has 21 heavy (non-hydrogen) atoms. The Morgan fingerprint density at radius 2 is 1.95 bits per heavy atom. The van der Waals surface area contributed by atoms with Crippen molar-refractivity contribution < 1.29 is 22.7 Å². The maximum atomic E-state index is 13.1. The number of amides is 1. The Labute approximate surface area is 127 Å². The summed E-state index contributed by atoms with van der Waals surface area (Å²) in [6, 6.07) is 0. The average molecular weight is 328 g/mol. The molecule has 1 heterocycles. The van der Waals surface area contributed by atoms with Gasteiger partial charge in [-0.3, -0.25) is 4.79 Å². The van der Waals surface area contributed by atoms with Crippen molar-refractivity contribution in [2.75, 3.05) is 19.0 Å². The summed E-state index contributed by atoms with van der Waals surface area (Å²) in [5.41, 5.74) is 0. The summed E-state index contributed by atoms with van der Waals surface area (Å²) in [7, 11) is 0. The van der Waals surface area contributed by atoms with E-state index in [0.717, 1.165) is 0 Å². The van der Waals surface area contributed by atoms with Crippen molar-refractivity contribution in [2.45, 2.75) is 51.0 Å². The zero-order valence-corrected chi connectivity index (χ0v) is 12.8. The summed E-state index contributed by atoms with van der Waals surface area (Å²) >= 11 is 5.76. The first-order chi connectivity index (χ1) is 9.82. The van der Waals surface area contributed by atoms with Gasteiger partial charge in [-0.25, -0.2) is 0 Å². The highest BCUT2D eigenvalue weighted by molar-refractivity contribution is 6.18. The van der Waals surface area contributed by atoms with E-state index < -0.39 is 18.0 Å². The molecule has 2 rings (SSSR count). The number of rotatable bonds is 2. The zero-order valence-electron chi connectivity index (χ0n) is 12.0. The number of nitrogens with zero attached hydrogens (tertiary/aromatic N) is 1. The molecule has 3 nitrogen and oxygen atoms in total. The molecule has 0 N–H and O–H groups in total. The van der Waals surface area contributed by atoms with Crippen molar-refractivity contribution >= 4 is 17.5 Å². The Hall–Kier alpha value is -0.490. The molecule has 0 spiro atoms. The van der Waals surface area contributed by atoms with E-state index in [9.17, 15) is 18.0 Å². The molecule has 122 valence electrons. The smallest absolute Gasteiger partial charge is 0.370 e. The maximum Gasteiger partial charge on any atom is 0.392 e. The number of hydrogen-bond donors (Lipinski definition) is 0. The number of alkyl halides is 4. The molecule has 2 aliphatic rings. The van der Waals surface area contributed by atoms with E-state index in [-0.39, 0.29) is 37.0 Å². The predicted molar refractivity (Wildman–Crippen MR) is 73.1 cm³/mol. The highest BCUT2D eigenvalue weighted by atomic mass is 35.5. The van der Waals surface area contributed by atoms with Gasteiger partial charge >= 0.3 is 6.18 Å². The van der Waals surface area contributed by atoms with Gasteiger partial charge in [0.05, 0.1) is 24.0 Å². The van der Waals surface area contributed by atoms with Crippen LogP contribution in [0.3, 0.4) is 0 Å². The zero-order chi connectivity index (χ0) is 15.6. The van der Waals surface area contributed by atoms with Gasteiger partial charge in [0.1, 0.15) is 0 Å². The van der Waals surface area contributed by atoms with Crippen molar-refractivity contribution in [2.24, 2.45) is 11.8 Å². The molecule has 4 atom stereocenters. The van der Waals surface area contributed by atoms with Crippen LogP contribution in [-0.4, -0.2) is 48.2 Å². The first-order valence-corrected chi connectivity index (χ1v) is 7.93. The van der Waals surface area contributed by atoms with Crippen LogP contribution in [-0.2, 0) is 9.53 Å². The van der Waals surface area contributed by atoms with E-state index in [2.05, 4.69) is 0 Å². The van der Waals surface area contributed by atoms with Gasteiger partial charge in [0, 0.05) is 19.0 Å².